The smallest absolute Gasteiger partial charge is 0.144 e. The third-order valence-corrected chi connectivity index (χ3v) is 7.02. The maximum atomic E-state index is 8.50. The van der Waals surface area contributed by atoms with Crippen molar-refractivity contribution in [1.82, 2.24) is 4.98 Å². The van der Waals surface area contributed by atoms with E-state index in [0.29, 0.717) is 16.8 Å². The number of aryl methyl sites for hydroxylation is 1. The van der Waals surface area contributed by atoms with E-state index in [1.807, 2.05) is 30.3 Å². The van der Waals surface area contributed by atoms with Gasteiger partial charge < -0.3 is 4.42 Å². The van der Waals surface area contributed by atoms with Gasteiger partial charge in [-0.2, -0.15) is 0 Å². The van der Waals surface area contributed by atoms with Crippen LogP contribution in [-0.2, 0) is 0 Å². The number of pyridine rings is 1. The van der Waals surface area contributed by atoms with E-state index < -0.39 is 27.7 Å². The van der Waals surface area contributed by atoms with Crippen molar-refractivity contribution in [1.29, 1.82) is 0 Å². The molecule has 2 aromatic heterocycles. The van der Waals surface area contributed by atoms with Gasteiger partial charge in [0, 0.05) is 32.1 Å². The normalized spacial score (nSPS) is 17.6. The zero-order valence-corrected chi connectivity index (χ0v) is 17.0. The molecule has 3 heteroatoms. The van der Waals surface area contributed by atoms with Crippen LogP contribution in [0.15, 0.2) is 53.1 Å². The molecule has 0 aliphatic carbocycles. The molecule has 2 heterocycles. The predicted octanol–water partition coefficient (Wildman–Crippen LogP) is 6.63. The Morgan fingerprint density at radius 1 is 1.11 bits per heavy atom. The number of fused-ring (bicyclic) bond motifs is 3. The maximum absolute atomic E-state index is 8.50. The van der Waals surface area contributed by atoms with Crippen LogP contribution in [0.25, 0.3) is 33.2 Å². The van der Waals surface area contributed by atoms with Crippen LogP contribution in [0, 0.1) is 6.92 Å². The van der Waals surface area contributed by atoms with Crippen molar-refractivity contribution in [3.63, 3.8) is 0 Å². The third-order valence-electron chi connectivity index (χ3n) is 4.99. The molecule has 0 saturated heterocycles. The van der Waals surface area contributed by atoms with E-state index in [0.717, 1.165) is 21.9 Å². The van der Waals surface area contributed by atoms with E-state index in [1.165, 1.54) is 11.4 Å². The van der Waals surface area contributed by atoms with E-state index in [1.54, 1.807) is 13.0 Å². The van der Waals surface area contributed by atoms with Gasteiger partial charge in [-0.3, -0.25) is 4.98 Å². The van der Waals surface area contributed by atoms with E-state index in [9.17, 15) is 0 Å². The fourth-order valence-corrected chi connectivity index (χ4v) is 5.20. The SMILES string of the molecule is [2H]C([2H])([2H])C([2H])(c1cnc(-c2ccc([Si](C)(C)C)c3c2oc2ccccc23)cc1C)C([2H])([2H])[2H]. The molecular weight excluding hydrogens is 346 g/mol. The highest BCUT2D eigenvalue weighted by atomic mass is 28.3. The Morgan fingerprint density at radius 3 is 2.59 bits per heavy atom. The summed E-state index contributed by atoms with van der Waals surface area (Å²) in [7, 11) is -1.72. The fourth-order valence-electron chi connectivity index (χ4n) is 3.62. The summed E-state index contributed by atoms with van der Waals surface area (Å²) in [6, 6.07) is 13.6. The van der Waals surface area contributed by atoms with Gasteiger partial charge >= 0.3 is 0 Å². The summed E-state index contributed by atoms with van der Waals surface area (Å²) < 4.78 is 61.5. The molecule has 0 bridgehead atoms. The number of hydrogen-bond acceptors (Lipinski definition) is 2. The number of para-hydroxylation sites is 1. The molecule has 0 spiro atoms. The largest absolute Gasteiger partial charge is 0.455 e. The first-order chi connectivity index (χ1) is 15.6. The van der Waals surface area contributed by atoms with E-state index in [-0.39, 0.29) is 5.56 Å². The van der Waals surface area contributed by atoms with E-state index in [4.69, 9.17) is 14.0 Å². The standard InChI is InChI=1S/C24H27NOSi/c1-15(2)19-14-25-20(13-16(19)3)17-11-12-22(27(4,5)6)23-18-9-7-8-10-21(18)26-24(17)23/h7-15H,1-6H3/i1D3,2D3,15D. The lowest BCUT2D eigenvalue weighted by Crippen LogP contribution is -2.37. The van der Waals surface area contributed by atoms with Crippen LogP contribution in [0.1, 0.15) is 40.3 Å². The van der Waals surface area contributed by atoms with Gasteiger partial charge in [-0.05, 0) is 47.3 Å². The number of rotatable bonds is 3. The second-order valence-electron chi connectivity index (χ2n) is 7.97. The monoisotopic (exact) mass is 380 g/mol. The van der Waals surface area contributed by atoms with Gasteiger partial charge in [-0.1, -0.05) is 57.6 Å². The number of hydrogen-bond donors (Lipinski definition) is 0. The first-order valence-electron chi connectivity index (χ1n) is 12.5. The molecule has 4 rings (SSSR count). The first kappa shape index (κ1) is 11.5. The van der Waals surface area contributed by atoms with Gasteiger partial charge in [0.15, 0.2) is 0 Å². The van der Waals surface area contributed by atoms with Crippen molar-refractivity contribution in [2.24, 2.45) is 0 Å². The lowest BCUT2D eigenvalue weighted by atomic mass is 9.98. The van der Waals surface area contributed by atoms with Crippen LogP contribution in [0.4, 0.5) is 0 Å². The molecule has 0 atom stereocenters. The summed E-state index contributed by atoms with van der Waals surface area (Å²) in [6.07, 6.45) is 1.22. The van der Waals surface area contributed by atoms with E-state index >= 15 is 0 Å². The molecular formula is C24H27NOSi. The summed E-state index contributed by atoms with van der Waals surface area (Å²) in [4.78, 5) is 4.45. The number of nitrogens with zero attached hydrogens (tertiary/aromatic N) is 1. The Labute approximate surface area is 172 Å². The van der Waals surface area contributed by atoms with Crippen LogP contribution >= 0.6 is 0 Å². The van der Waals surface area contributed by atoms with Crippen molar-refractivity contribution >= 4 is 35.2 Å². The van der Waals surface area contributed by atoms with Gasteiger partial charge in [-0.15, -0.1) is 0 Å². The van der Waals surface area contributed by atoms with Gasteiger partial charge in [-0.25, -0.2) is 0 Å². The van der Waals surface area contributed by atoms with Crippen molar-refractivity contribution < 1.29 is 14.0 Å². The Kier molecular flexibility index (Phi) is 2.69. The number of benzene rings is 2. The van der Waals surface area contributed by atoms with Gasteiger partial charge in [0.2, 0.25) is 0 Å². The highest BCUT2D eigenvalue weighted by Gasteiger charge is 2.24. The fraction of sp³-hybridized carbons (Fsp3) is 0.292. The second kappa shape index (κ2) is 6.34. The van der Waals surface area contributed by atoms with Gasteiger partial charge in [0.25, 0.3) is 0 Å². The summed E-state index contributed by atoms with van der Waals surface area (Å²) >= 11 is 0. The summed E-state index contributed by atoms with van der Waals surface area (Å²) in [5.41, 5.74) is 2.99. The molecule has 0 unspecified atom stereocenters. The third kappa shape index (κ3) is 3.00. The topological polar surface area (TPSA) is 26.0 Å². The Hall–Kier alpha value is -2.39. The Morgan fingerprint density at radius 2 is 1.89 bits per heavy atom. The van der Waals surface area contributed by atoms with E-state index in [2.05, 4.69) is 30.7 Å². The van der Waals surface area contributed by atoms with Gasteiger partial charge in [0.05, 0.1) is 13.8 Å². The molecule has 0 aliphatic heterocycles. The molecule has 27 heavy (non-hydrogen) atoms. The molecule has 0 amide bonds. The van der Waals surface area contributed by atoms with Crippen LogP contribution in [0.2, 0.25) is 19.6 Å². The minimum Gasteiger partial charge on any atom is -0.455 e. The number of furan rings is 1. The average Bonchev–Trinajstić information content (AvgIpc) is 3.09. The van der Waals surface area contributed by atoms with Crippen LogP contribution in [-0.4, -0.2) is 13.1 Å². The lowest BCUT2D eigenvalue weighted by molar-refractivity contribution is 0.670. The summed E-state index contributed by atoms with van der Waals surface area (Å²) in [6.45, 7) is 2.33. The van der Waals surface area contributed by atoms with Crippen molar-refractivity contribution in [3.8, 4) is 11.3 Å². The molecule has 138 valence electrons. The van der Waals surface area contributed by atoms with Crippen LogP contribution in [0.3, 0.4) is 0 Å². The molecule has 0 radical (unpaired) electrons. The van der Waals surface area contributed by atoms with Crippen LogP contribution in [0.5, 0.6) is 0 Å². The predicted molar refractivity (Wildman–Crippen MR) is 119 cm³/mol. The minimum atomic E-state index is -3.06. The van der Waals surface area contributed by atoms with Crippen LogP contribution < -0.4 is 5.19 Å². The first-order valence-corrected chi connectivity index (χ1v) is 12.5. The lowest BCUT2D eigenvalue weighted by Gasteiger charge is -2.19. The summed E-state index contributed by atoms with van der Waals surface area (Å²) in [5.74, 6) is -2.79. The molecule has 2 aromatic carbocycles. The van der Waals surface area contributed by atoms with Crippen molar-refractivity contribution in [2.45, 2.75) is 46.2 Å². The molecule has 0 N–H and O–H groups in total. The summed E-state index contributed by atoms with van der Waals surface area (Å²) in [5, 5.41) is 3.34. The Balaban J connectivity index is 1.98. The average molecular weight is 381 g/mol. The van der Waals surface area contributed by atoms with Crippen molar-refractivity contribution in [2.75, 3.05) is 0 Å². The van der Waals surface area contributed by atoms with Crippen molar-refractivity contribution in [3.05, 3.63) is 59.8 Å². The quantitative estimate of drug-likeness (QED) is 0.373. The molecule has 0 aliphatic rings. The molecule has 0 saturated carbocycles. The van der Waals surface area contributed by atoms with Gasteiger partial charge in [0.1, 0.15) is 11.2 Å². The minimum absolute atomic E-state index is 0.129. The molecule has 4 aromatic rings. The number of aromatic nitrogens is 1. The zero-order valence-electron chi connectivity index (χ0n) is 23.0. The molecule has 0 fully saturated rings. The Bertz CT molecular complexity index is 1380. The highest BCUT2D eigenvalue weighted by Crippen LogP contribution is 2.36. The maximum Gasteiger partial charge on any atom is 0.144 e. The second-order valence-corrected chi connectivity index (χ2v) is 13.0. The highest BCUT2D eigenvalue weighted by molar-refractivity contribution is 6.90. The zero-order chi connectivity index (χ0) is 25.3. The molecule has 2 nitrogen and oxygen atoms in total.